The van der Waals surface area contributed by atoms with E-state index in [1.54, 1.807) is 42.3 Å². The number of methoxy groups -OCH3 is 1. The van der Waals surface area contributed by atoms with Gasteiger partial charge >= 0.3 is 0 Å². The van der Waals surface area contributed by atoms with E-state index in [-0.39, 0.29) is 22.8 Å². The Morgan fingerprint density at radius 1 is 1.03 bits per heavy atom. The maximum atomic E-state index is 13.6. The van der Waals surface area contributed by atoms with Crippen molar-refractivity contribution in [2.45, 2.75) is 19.4 Å². The second-order valence-corrected chi connectivity index (χ2v) is 8.27. The average molecular weight is 441 g/mol. The van der Waals surface area contributed by atoms with Crippen LogP contribution in [0, 0.1) is 6.92 Å². The fourth-order valence-corrected chi connectivity index (χ4v) is 4.45. The lowest BCUT2D eigenvalue weighted by molar-refractivity contribution is 0.0730. The first kappa shape index (κ1) is 20.8. The smallest absolute Gasteiger partial charge is 0.290 e. The molecule has 0 bridgehead atoms. The van der Waals surface area contributed by atoms with Gasteiger partial charge in [-0.25, -0.2) is 0 Å². The van der Waals surface area contributed by atoms with Crippen molar-refractivity contribution in [2.75, 3.05) is 13.7 Å². The minimum Gasteiger partial charge on any atom is -0.508 e. The van der Waals surface area contributed by atoms with Crippen LogP contribution in [0.4, 0.5) is 0 Å². The third kappa shape index (κ3) is 3.63. The van der Waals surface area contributed by atoms with Gasteiger partial charge in [-0.15, -0.1) is 0 Å². The van der Waals surface area contributed by atoms with Crippen LogP contribution < -0.4 is 10.2 Å². The molecule has 1 amide bonds. The van der Waals surface area contributed by atoms with Crippen molar-refractivity contribution in [3.8, 4) is 11.5 Å². The molecule has 0 spiro atoms. The summed E-state index contributed by atoms with van der Waals surface area (Å²) in [4.78, 5) is 28.7. The highest BCUT2D eigenvalue weighted by Gasteiger charge is 2.42. The van der Waals surface area contributed by atoms with Gasteiger partial charge in [0.2, 0.25) is 5.76 Å². The van der Waals surface area contributed by atoms with Crippen molar-refractivity contribution in [1.29, 1.82) is 0 Å². The lowest BCUT2D eigenvalue weighted by Gasteiger charge is -2.25. The quantitative estimate of drug-likeness (QED) is 0.490. The minimum atomic E-state index is -0.640. The summed E-state index contributed by atoms with van der Waals surface area (Å²) in [5.41, 5.74) is 3.13. The largest absolute Gasteiger partial charge is 0.508 e. The Morgan fingerprint density at radius 3 is 2.55 bits per heavy atom. The van der Waals surface area contributed by atoms with Crippen LogP contribution in [0.15, 0.2) is 75.9 Å². The molecule has 33 heavy (non-hydrogen) atoms. The number of hydrogen-bond acceptors (Lipinski definition) is 5. The fraction of sp³-hybridized carbons (Fsp3) is 0.185. The second-order valence-electron chi connectivity index (χ2n) is 8.27. The number of carbonyl (C=O) groups excluding carboxylic acids is 1. The van der Waals surface area contributed by atoms with E-state index < -0.39 is 6.04 Å². The third-order valence-corrected chi connectivity index (χ3v) is 6.11. The molecule has 1 N–H and O–H groups in total. The molecule has 0 aliphatic carbocycles. The topological polar surface area (TPSA) is 80.0 Å². The Kier molecular flexibility index (Phi) is 5.13. The molecule has 0 saturated carbocycles. The van der Waals surface area contributed by atoms with Gasteiger partial charge in [0, 0.05) is 6.54 Å². The van der Waals surface area contributed by atoms with E-state index in [4.69, 9.17) is 9.15 Å². The van der Waals surface area contributed by atoms with Gasteiger partial charge in [0.15, 0.2) is 5.43 Å². The van der Waals surface area contributed by atoms with Crippen molar-refractivity contribution in [3.05, 3.63) is 105 Å². The van der Waals surface area contributed by atoms with Gasteiger partial charge in [0.25, 0.3) is 5.91 Å². The lowest BCUT2D eigenvalue weighted by Crippen LogP contribution is -2.31. The number of ether oxygens (including phenoxy) is 1. The molecule has 166 valence electrons. The summed E-state index contributed by atoms with van der Waals surface area (Å²) < 4.78 is 11.2. The van der Waals surface area contributed by atoms with Crippen molar-refractivity contribution in [1.82, 2.24) is 4.90 Å². The molecule has 0 saturated heterocycles. The summed E-state index contributed by atoms with van der Waals surface area (Å²) in [6.45, 7) is 2.29. The molecule has 4 aromatic rings. The molecule has 0 radical (unpaired) electrons. The molecule has 1 aliphatic rings. The Labute approximate surface area is 190 Å². The number of fused-ring (bicyclic) bond motifs is 2. The van der Waals surface area contributed by atoms with Crippen LogP contribution in [0.1, 0.15) is 38.9 Å². The van der Waals surface area contributed by atoms with Crippen molar-refractivity contribution >= 4 is 16.9 Å². The van der Waals surface area contributed by atoms with Gasteiger partial charge < -0.3 is 19.2 Å². The molecule has 1 unspecified atom stereocenters. The normalized spacial score (nSPS) is 15.2. The Bertz CT molecular complexity index is 1420. The van der Waals surface area contributed by atoms with Crippen LogP contribution in [0.3, 0.4) is 0 Å². The first-order valence-corrected chi connectivity index (χ1v) is 10.8. The zero-order valence-corrected chi connectivity index (χ0v) is 18.4. The van der Waals surface area contributed by atoms with E-state index in [1.807, 2.05) is 43.3 Å². The molecule has 6 heteroatoms. The second kappa shape index (κ2) is 8.13. The summed E-state index contributed by atoms with van der Waals surface area (Å²) in [7, 11) is 1.62. The maximum Gasteiger partial charge on any atom is 0.290 e. The van der Waals surface area contributed by atoms with Gasteiger partial charge in [-0.3, -0.25) is 9.59 Å². The molecule has 0 fully saturated rings. The zero-order valence-electron chi connectivity index (χ0n) is 18.4. The molecule has 3 aromatic carbocycles. The average Bonchev–Trinajstić information content (AvgIpc) is 3.10. The van der Waals surface area contributed by atoms with E-state index in [1.165, 1.54) is 0 Å². The fourth-order valence-electron chi connectivity index (χ4n) is 4.45. The summed E-state index contributed by atoms with van der Waals surface area (Å²) >= 11 is 0. The number of phenolic OH excluding ortho intramolecular Hbond substituents is 1. The van der Waals surface area contributed by atoms with Crippen molar-refractivity contribution in [2.24, 2.45) is 0 Å². The number of nitrogens with zero attached hydrogens (tertiary/aromatic N) is 1. The Morgan fingerprint density at radius 2 is 1.82 bits per heavy atom. The monoisotopic (exact) mass is 441 g/mol. The van der Waals surface area contributed by atoms with E-state index in [9.17, 15) is 14.7 Å². The molecular weight excluding hydrogens is 418 g/mol. The van der Waals surface area contributed by atoms with Crippen LogP contribution >= 0.6 is 0 Å². The zero-order chi connectivity index (χ0) is 23.1. The molecule has 1 atom stereocenters. The number of aryl methyl sites for hydroxylation is 1. The van der Waals surface area contributed by atoms with Crippen molar-refractivity contribution in [3.63, 3.8) is 0 Å². The molecule has 1 aliphatic heterocycles. The highest BCUT2D eigenvalue weighted by Crippen LogP contribution is 2.39. The Hall–Kier alpha value is -4.06. The van der Waals surface area contributed by atoms with Gasteiger partial charge in [-0.05, 0) is 60.9 Å². The molecule has 6 nitrogen and oxygen atoms in total. The number of benzene rings is 3. The highest BCUT2D eigenvalue weighted by molar-refractivity contribution is 5.99. The van der Waals surface area contributed by atoms with Crippen LogP contribution in [0.5, 0.6) is 11.5 Å². The molecule has 2 heterocycles. The number of amides is 1. The standard InChI is InChI=1S/C27H23NO5/c1-16-6-11-22-21(14-16)25(30)23-24(18-4-3-5-19(29)15-18)28(27(31)26(23)33-22)13-12-17-7-9-20(32-2)10-8-17/h3-11,14-15,24,29H,12-13H2,1-2H3. The number of carbonyl (C=O) groups is 1. The van der Waals surface area contributed by atoms with Gasteiger partial charge in [0.1, 0.15) is 17.1 Å². The first-order chi connectivity index (χ1) is 16.0. The molecule has 5 rings (SSSR count). The number of hydrogen-bond donors (Lipinski definition) is 1. The number of rotatable bonds is 5. The number of aromatic hydroxyl groups is 1. The number of phenols is 1. The van der Waals surface area contributed by atoms with E-state index >= 15 is 0 Å². The summed E-state index contributed by atoms with van der Waals surface area (Å²) in [5.74, 6) is 0.577. The predicted molar refractivity (Wildman–Crippen MR) is 125 cm³/mol. The summed E-state index contributed by atoms with van der Waals surface area (Å²) in [6.07, 6.45) is 0.589. The predicted octanol–water partition coefficient (Wildman–Crippen LogP) is 4.60. The molecular formula is C27H23NO5. The lowest BCUT2D eigenvalue weighted by atomic mass is 9.97. The summed E-state index contributed by atoms with van der Waals surface area (Å²) in [5, 5.41) is 10.5. The first-order valence-electron chi connectivity index (χ1n) is 10.8. The highest BCUT2D eigenvalue weighted by atomic mass is 16.5. The van der Waals surface area contributed by atoms with E-state index in [0.717, 1.165) is 16.9 Å². The van der Waals surface area contributed by atoms with Crippen molar-refractivity contribution < 1.29 is 19.1 Å². The molecule has 1 aromatic heterocycles. The van der Waals surface area contributed by atoms with Crippen LogP contribution in [0.2, 0.25) is 0 Å². The minimum absolute atomic E-state index is 0.0689. The third-order valence-electron chi connectivity index (χ3n) is 6.11. The summed E-state index contributed by atoms with van der Waals surface area (Å²) in [6, 6.07) is 19.1. The van der Waals surface area contributed by atoms with Crippen LogP contribution in [-0.2, 0) is 6.42 Å². The van der Waals surface area contributed by atoms with E-state index in [2.05, 4.69) is 0 Å². The van der Waals surface area contributed by atoms with Gasteiger partial charge in [-0.2, -0.15) is 0 Å². The van der Waals surface area contributed by atoms with E-state index in [0.29, 0.717) is 35.1 Å². The van der Waals surface area contributed by atoms with Crippen LogP contribution in [-0.4, -0.2) is 29.6 Å². The van der Waals surface area contributed by atoms with Gasteiger partial charge in [0.05, 0.1) is 24.1 Å². The maximum absolute atomic E-state index is 13.6. The van der Waals surface area contributed by atoms with Crippen LogP contribution in [0.25, 0.3) is 11.0 Å². The SMILES string of the molecule is COc1ccc(CCN2C(=O)c3oc4ccc(C)cc4c(=O)c3C2c2cccc(O)c2)cc1. The van der Waals surface area contributed by atoms with Gasteiger partial charge in [-0.1, -0.05) is 35.9 Å². The Balaban J connectivity index is 1.61.